The minimum absolute atomic E-state index is 0.0186. The molecular weight excluding hydrogens is 266 g/mol. The van der Waals surface area contributed by atoms with Gasteiger partial charge in [0.25, 0.3) is 0 Å². The largest absolute Gasteiger partial charge is 0.394 e. The second-order valence-electron chi connectivity index (χ2n) is 7.35. The molecule has 1 saturated carbocycles. The van der Waals surface area contributed by atoms with E-state index in [1.165, 1.54) is 38.5 Å². The van der Waals surface area contributed by atoms with Crippen LogP contribution in [0.15, 0.2) is 0 Å². The Labute approximate surface area is 128 Å². The summed E-state index contributed by atoms with van der Waals surface area (Å²) in [6.07, 6.45) is 9.44. The molecule has 0 bridgehead atoms. The molecule has 1 heterocycles. The molecule has 4 heteroatoms. The lowest BCUT2D eigenvalue weighted by atomic mass is 9.86. The number of aliphatic hydroxyl groups excluding tert-OH is 1. The number of aliphatic hydroxyl groups is 1. The second-order valence-corrected chi connectivity index (χ2v) is 7.35. The third kappa shape index (κ3) is 5.26. The first kappa shape index (κ1) is 16.8. The molecule has 2 rings (SSSR count). The van der Waals surface area contributed by atoms with Crippen molar-refractivity contribution in [3.63, 3.8) is 0 Å². The number of nitrogens with zero attached hydrogens (tertiary/aromatic N) is 1. The summed E-state index contributed by atoms with van der Waals surface area (Å²) in [5.41, 5.74) is -0.356. The van der Waals surface area contributed by atoms with Crippen molar-refractivity contribution in [3.8, 4) is 0 Å². The van der Waals surface area contributed by atoms with Crippen LogP contribution in [0, 0.1) is 5.92 Å². The van der Waals surface area contributed by atoms with Gasteiger partial charge in [0.2, 0.25) is 5.91 Å². The van der Waals surface area contributed by atoms with Gasteiger partial charge in [-0.15, -0.1) is 0 Å². The van der Waals surface area contributed by atoms with Crippen molar-refractivity contribution in [2.24, 2.45) is 5.92 Å². The summed E-state index contributed by atoms with van der Waals surface area (Å²) >= 11 is 0. The molecule has 21 heavy (non-hydrogen) atoms. The summed E-state index contributed by atoms with van der Waals surface area (Å²) in [7, 11) is 0. The molecule has 1 aliphatic heterocycles. The maximum atomic E-state index is 12.4. The van der Waals surface area contributed by atoms with Gasteiger partial charge in [-0.1, -0.05) is 32.1 Å². The number of morpholine rings is 1. The molecule has 0 radical (unpaired) electrons. The van der Waals surface area contributed by atoms with Gasteiger partial charge in [-0.25, -0.2) is 0 Å². The van der Waals surface area contributed by atoms with Gasteiger partial charge in [0.1, 0.15) is 0 Å². The van der Waals surface area contributed by atoms with E-state index in [-0.39, 0.29) is 24.2 Å². The van der Waals surface area contributed by atoms with Gasteiger partial charge >= 0.3 is 0 Å². The summed E-state index contributed by atoms with van der Waals surface area (Å²) < 4.78 is 5.76. The number of amides is 1. The van der Waals surface area contributed by atoms with E-state index in [1.807, 2.05) is 18.7 Å². The van der Waals surface area contributed by atoms with E-state index in [4.69, 9.17) is 4.74 Å². The number of ether oxygens (including phenoxy) is 1. The molecule has 0 aromatic rings. The summed E-state index contributed by atoms with van der Waals surface area (Å²) in [5, 5.41) is 9.31. The molecule has 0 spiro atoms. The first-order valence-electron chi connectivity index (χ1n) is 8.56. The van der Waals surface area contributed by atoms with Crippen molar-refractivity contribution >= 4 is 5.91 Å². The molecule has 1 saturated heterocycles. The monoisotopic (exact) mass is 297 g/mol. The van der Waals surface area contributed by atoms with Gasteiger partial charge in [0, 0.05) is 19.5 Å². The Balaban J connectivity index is 1.74. The molecule has 1 unspecified atom stereocenters. The molecule has 1 N–H and O–H groups in total. The Morgan fingerprint density at radius 3 is 2.67 bits per heavy atom. The lowest BCUT2D eigenvalue weighted by Gasteiger charge is -2.42. The molecule has 0 aromatic heterocycles. The van der Waals surface area contributed by atoms with Gasteiger partial charge in [0.05, 0.1) is 18.3 Å². The first-order chi connectivity index (χ1) is 10.00. The lowest BCUT2D eigenvalue weighted by molar-refractivity contribution is -0.167. The molecule has 2 fully saturated rings. The molecule has 1 aliphatic carbocycles. The van der Waals surface area contributed by atoms with Crippen LogP contribution >= 0.6 is 0 Å². The quantitative estimate of drug-likeness (QED) is 0.849. The number of rotatable bonds is 5. The molecule has 1 atom stereocenters. The van der Waals surface area contributed by atoms with E-state index in [1.54, 1.807) is 0 Å². The Morgan fingerprint density at radius 1 is 1.29 bits per heavy atom. The summed E-state index contributed by atoms with van der Waals surface area (Å²) in [6.45, 7) is 5.11. The minimum atomic E-state index is -0.356. The fourth-order valence-electron chi connectivity index (χ4n) is 3.76. The molecular formula is C17H31NO3. The molecule has 2 aliphatic rings. The predicted octanol–water partition coefficient (Wildman–Crippen LogP) is 2.74. The highest BCUT2D eigenvalue weighted by Gasteiger charge is 2.34. The van der Waals surface area contributed by atoms with Crippen molar-refractivity contribution in [2.75, 3.05) is 19.7 Å². The predicted molar refractivity (Wildman–Crippen MR) is 83.0 cm³/mol. The zero-order valence-corrected chi connectivity index (χ0v) is 13.6. The van der Waals surface area contributed by atoms with Crippen LogP contribution in [0.1, 0.15) is 65.2 Å². The third-order valence-electron chi connectivity index (χ3n) is 4.77. The molecule has 4 nitrogen and oxygen atoms in total. The van der Waals surface area contributed by atoms with Gasteiger partial charge < -0.3 is 14.7 Å². The van der Waals surface area contributed by atoms with Crippen molar-refractivity contribution in [1.29, 1.82) is 0 Å². The molecule has 122 valence electrons. The Morgan fingerprint density at radius 2 is 2.00 bits per heavy atom. The normalized spacial score (nSPS) is 26.8. The fraction of sp³-hybridized carbons (Fsp3) is 0.941. The standard InChI is InChI=1S/C17H31NO3/c1-17(2)13-18(11-15(12-19)21-17)16(20)10-6-9-14-7-4-3-5-8-14/h14-15,19H,3-13H2,1-2H3. The summed E-state index contributed by atoms with van der Waals surface area (Å²) in [4.78, 5) is 14.3. The Hall–Kier alpha value is -0.610. The number of carbonyl (C=O) groups excluding carboxylic acids is 1. The van der Waals surface area contributed by atoms with Crippen LogP contribution in [-0.4, -0.2) is 47.3 Å². The fourth-order valence-corrected chi connectivity index (χ4v) is 3.76. The smallest absolute Gasteiger partial charge is 0.222 e. The van der Waals surface area contributed by atoms with E-state index < -0.39 is 0 Å². The van der Waals surface area contributed by atoms with E-state index in [9.17, 15) is 9.90 Å². The third-order valence-corrected chi connectivity index (χ3v) is 4.77. The zero-order valence-electron chi connectivity index (χ0n) is 13.6. The number of hydrogen-bond donors (Lipinski definition) is 1. The highest BCUT2D eigenvalue weighted by Crippen LogP contribution is 2.28. The maximum Gasteiger partial charge on any atom is 0.222 e. The van der Waals surface area contributed by atoms with E-state index in [0.717, 1.165) is 12.3 Å². The Kier molecular flexibility index (Phi) is 6.06. The molecule has 0 aromatic carbocycles. The second kappa shape index (κ2) is 7.59. The van der Waals surface area contributed by atoms with Crippen LogP contribution in [0.4, 0.5) is 0 Å². The van der Waals surface area contributed by atoms with Gasteiger partial charge in [-0.3, -0.25) is 4.79 Å². The summed E-state index contributed by atoms with van der Waals surface area (Å²) in [5.74, 6) is 1.07. The lowest BCUT2D eigenvalue weighted by Crippen LogP contribution is -2.55. The highest BCUT2D eigenvalue weighted by atomic mass is 16.5. The van der Waals surface area contributed by atoms with Crippen molar-refractivity contribution in [1.82, 2.24) is 4.90 Å². The average molecular weight is 297 g/mol. The zero-order chi connectivity index (χ0) is 15.3. The molecule has 1 amide bonds. The van der Waals surface area contributed by atoms with Crippen LogP contribution in [0.2, 0.25) is 0 Å². The maximum absolute atomic E-state index is 12.4. The number of carbonyl (C=O) groups is 1. The van der Waals surface area contributed by atoms with Crippen LogP contribution in [-0.2, 0) is 9.53 Å². The van der Waals surface area contributed by atoms with E-state index in [2.05, 4.69) is 0 Å². The van der Waals surface area contributed by atoms with Crippen LogP contribution < -0.4 is 0 Å². The minimum Gasteiger partial charge on any atom is -0.394 e. The van der Waals surface area contributed by atoms with Crippen LogP contribution in [0.25, 0.3) is 0 Å². The van der Waals surface area contributed by atoms with Gasteiger partial charge in [-0.2, -0.15) is 0 Å². The summed E-state index contributed by atoms with van der Waals surface area (Å²) in [6, 6.07) is 0. The van der Waals surface area contributed by atoms with Crippen molar-refractivity contribution < 1.29 is 14.6 Å². The average Bonchev–Trinajstić information content (AvgIpc) is 2.46. The van der Waals surface area contributed by atoms with Gasteiger partial charge in [0.15, 0.2) is 0 Å². The van der Waals surface area contributed by atoms with E-state index >= 15 is 0 Å². The topological polar surface area (TPSA) is 49.8 Å². The highest BCUT2D eigenvalue weighted by molar-refractivity contribution is 5.76. The first-order valence-corrected chi connectivity index (χ1v) is 8.56. The van der Waals surface area contributed by atoms with E-state index in [0.29, 0.717) is 19.5 Å². The Bertz CT molecular complexity index is 337. The van der Waals surface area contributed by atoms with Crippen LogP contribution in [0.3, 0.4) is 0 Å². The van der Waals surface area contributed by atoms with Crippen molar-refractivity contribution in [2.45, 2.75) is 76.9 Å². The van der Waals surface area contributed by atoms with Crippen LogP contribution in [0.5, 0.6) is 0 Å². The SMILES string of the molecule is CC1(C)CN(C(=O)CCCC2CCCCC2)CC(CO)O1. The van der Waals surface area contributed by atoms with Crippen molar-refractivity contribution in [3.05, 3.63) is 0 Å². The van der Waals surface area contributed by atoms with Gasteiger partial charge in [-0.05, 0) is 32.6 Å². The number of hydrogen-bond acceptors (Lipinski definition) is 3.